The minimum absolute atomic E-state index is 0.152. The number of amides is 2. The Morgan fingerprint density at radius 3 is 2.53 bits per heavy atom. The van der Waals surface area contributed by atoms with Gasteiger partial charge in [0.15, 0.2) is 5.78 Å². The summed E-state index contributed by atoms with van der Waals surface area (Å²) in [4.78, 5) is 61.2. The molecule has 13 heteroatoms. The van der Waals surface area contributed by atoms with Crippen LogP contribution in [0, 0.1) is 28.6 Å². The number of Topliss-reactive ketones (excluding diaryl/α,β-unsaturated/α-hetero) is 1. The van der Waals surface area contributed by atoms with Crippen LogP contribution in [0.1, 0.15) is 59.3 Å². The van der Waals surface area contributed by atoms with Crippen LogP contribution in [0.4, 0.5) is 0 Å². The van der Waals surface area contributed by atoms with Gasteiger partial charge in [0.05, 0.1) is 53.3 Å². The molecule has 3 fully saturated rings. The minimum Gasteiger partial charge on any atom is -0.477 e. The highest BCUT2D eigenvalue weighted by molar-refractivity contribution is 7.90. The molecular weight excluding hydrogens is 643 g/mol. The topological polar surface area (TPSA) is 149 Å². The van der Waals surface area contributed by atoms with Crippen molar-refractivity contribution in [2.24, 2.45) is 28.6 Å². The molecule has 47 heavy (non-hydrogen) atoms. The average Bonchev–Trinajstić information content (AvgIpc) is 3.89. The zero-order valence-corrected chi connectivity index (χ0v) is 28.9. The van der Waals surface area contributed by atoms with E-state index in [1.807, 2.05) is 50.4 Å². The number of pyridine rings is 1. The van der Waals surface area contributed by atoms with Crippen LogP contribution in [0.3, 0.4) is 0 Å². The Bertz CT molecular complexity index is 1630. The van der Waals surface area contributed by atoms with Crippen LogP contribution in [0.15, 0.2) is 48.4 Å². The predicted molar refractivity (Wildman–Crippen MR) is 177 cm³/mol. The molecule has 11 nitrogen and oxygen atoms in total. The van der Waals surface area contributed by atoms with Gasteiger partial charge in [-0.1, -0.05) is 39.0 Å². The van der Waals surface area contributed by atoms with Gasteiger partial charge in [-0.05, 0) is 54.5 Å². The Balaban J connectivity index is 1.36. The van der Waals surface area contributed by atoms with E-state index in [1.54, 1.807) is 23.5 Å². The average molecular weight is 686 g/mol. The van der Waals surface area contributed by atoms with Crippen molar-refractivity contribution in [2.45, 2.75) is 70.6 Å². The van der Waals surface area contributed by atoms with Crippen molar-refractivity contribution in [3.63, 3.8) is 0 Å². The number of carbonyl (C=O) groups excluding carboxylic acids is 4. The van der Waals surface area contributed by atoms with Gasteiger partial charge in [-0.3, -0.25) is 23.9 Å². The second kappa shape index (κ2) is 13.5. The number of carbonyl (C=O) groups is 4. The van der Waals surface area contributed by atoms with Crippen LogP contribution in [0.2, 0.25) is 0 Å². The zero-order chi connectivity index (χ0) is 34.1. The summed E-state index contributed by atoms with van der Waals surface area (Å²) in [6.45, 7) is 9.76. The number of aromatic nitrogens is 1. The molecule has 0 bridgehead atoms. The van der Waals surface area contributed by atoms with Crippen LogP contribution < -0.4 is 9.46 Å². The molecule has 1 saturated heterocycles. The van der Waals surface area contributed by atoms with E-state index in [4.69, 9.17) is 9.47 Å². The highest BCUT2D eigenvalue weighted by Crippen LogP contribution is 2.57. The molecule has 1 N–H and O–H groups in total. The number of ketones is 1. The number of nitrogens with zero attached hydrogens (tertiary/aromatic N) is 2. The SMILES string of the molecule is C=CC1C[C@]1(CC(=O)[C@@H]1C[C@@H](COc2cccc(-c3cccs3)n2)CN1C(=O)[C@@H](CC(=O)OC)C(C)(C)C)C(=O)NS(=O)(=O)C1CC1. The maximum atomic E-state index is 14.2. The van der Waals surface area contributed by atoms with Gasteiger partial charge in [0, 0.05) is 24.9 Å². The van der Waals surface area contributed by atoms with Crippen LogP contribution in [0.25, 0.3) is 10.6 Å². The fraction of sp³-hybridized carbons (Fsp3) is 0.559. The van der Waals surface area contributed by atoms with E-state index in [0.717, 1.165) is 10.6 Å². The van der Waals surface area contributed by atoms with E-state index in [1.165, 1.54) is 12.0 Å². The Morgan fingerprint density at radius 2 is 1.94 bits per heavy atom. The van der Waals surface area contributed by atoms with E-state index < -0.39 is 49.9 Å². The van der Waals surface area contributed by atoms with Crippen molar-refractivity contribution in [3.8, 4) is 16.5 Å². The molecule has 2 saturated carbocycles. The molecule has 254 valence electrons. The first-order chi connectivity index (χ1) is 22.2. The molecule has 0 radical (unpaired) electrons. The Kier molecular flexibility index (Phi) is 9.98. The molecule has 2 aliphatic carbocycles. The van der Waals surface area contributed by atoms with Gasteiger partial charge in [0.25, 0.3) is 0 Å². The van der Waals surface area contributed by atoms with Gasteiger partial charge < -0.3 is 14.4 Å². The molecule has 3 aliphatic rings. The summed E-state index contributed by atoms with van der Waals surface area (Å²) in [5, 5.41) is 1.38. The van der Waals surface area contributed by atoms with Gasteiger partial charge in [0.2, 0.25) is 27.7 Å². The first-order valence-corrected chi connectivity index (χ1v) is 18.3. The number of likely N-dealkylation sites (tertiary alicyclic amines) is 1. The van der Waals surface area contributed by atoms with E-state index in [2.05, 4.69) is 16.3 Å². The second-order valence-corrected chi connectivity index (χ2v) is 16.9. The lowest BCUT2D eigenvalue weighted by atomic mass is 9.77. The molecule has 1 aliphatic heterocycles. The smallest absolute Gasteiger partial charge is 0.306 e. The van der Waals surface area contributed by atoms with E-state index >= 15 is 0 Å². The molecule has 0 spiro atoms. The number of nitrogens with one attached hydrogen (secondary N) is 1. The van der Waals surface area contributed by atoms with Crippen LogP contribution >= 0.6 is 11.3 Å². The third kappa shape index (κ3) is 7.77. The zero-order valence-electron chi connectivity index (χ0n) is 27.3. The Labute approximate surface area is 280 Å². The van der Waals surface area contributed by atoms with E-state index in [0.29, 0.717) is 25.1 Å². The molecule has 3 heterocycles. The van der Waals surface area contributed by atoms with Gasteiger partial charge in [-0.2, -0.15) is 0 Å². The molecule has 2 amide bonds. The number of allylic oxidation sites excluding steroid dienone is 1. The molecule has 1 unspecified atom stereocenters. The molecule has 2 aromatic heterocycles. The quantitative estimate of drug-likeness (QED) is 0.226. The number of hydrogen-bond acceptors (Lipinski definition) is 10. The standard InChI is InChI=1S/C34H43N3O8S2/c1-6-22-17-34(22,32(41)36-47(42,43)23-12-13-23)18-27(38)26-15-21(19-37(26)31(40)24(33(2,3)4)16-30(39)44-5)20-45-29-11-7-9-25(35-29)28-10-8-14-46-28/h6-11,14,21-24,26H,1,12-13,15-20H2,2-5H3,(H,36,41)/t21-,22?,24-,26+,34-/m1/s1. The molecular formula is C34H43N3O8S2. The molecule has 5 atom stereocenters. The lowest BCUT2D eigenvalue weighted by Gasteiger charge is -2.35. The summed E-state index contributed by atoms with van der Waals surface area (Å²) in [6, 6.07) is 8.53. The third-order valence-corrected chi connectivity index (χ3v) is 12.2. The first kappa shape index (κ1) is 34.7. The van der Waals surface area contributed by atoms with Crippen molar-refractivity contribution in [1.82, 2.24) is 14.6 Å². The Morgan fingerprint density at radius 1 is 1.19 bits per heavy atom. The number of methoxy groups -OCH3 is 1. The van der Waals surface area contributed by atoms with Crippen molar-refractivity contribution in [1.29, 1.82) is 0 Å². The minimum atomic E-state index is -3.82. The summed E-state index contributed by atoms with van der Waals surface area (Å²) in [5.41, 5.74) is -1.09. The lowest BCUT2D eigenvalue weighted by Crippen LogP contribution is -2.48. The summed E-state index contributed by atoms with van der Waals surface area (Å²) >= 11 is 1.57. The normalized spacial score (nSPS) is 24.7. The molecule has 2 aromatic rings. The maximum absolute atomic E-state index is 14.2. The molecule has 5 rings (SSSR count). The van der Waals surface area contributed by atoms with Crippen molar-refractivity contribution < 1.29 is 37.1 Å². The monoisotopic (exact) mass is 685 g/mol. The number of hydrogen-bond donors (Lipinski definition) is 1. The number of ether oxygens (including phenoxy) is 2. The van der Waals surface area contributed by atoms with Crippen LogP contribution in [0.5, 0.6) is 5.88 Å². The number of thiophene rings is 1. The summed E-state index contributed by atoms with van der Waals surface area (Å²) in [7, 11) is -2.55. The second-order valence-electron chi connectivity index (χ2n) is 14.0. The van der Waals surface area contributed by atoms with E-state index in [-0.39, 0.29) is 55.9 Å². The summed E-state index contributed by atoms with van der Waals surface area (Å²) in [6.07, 6.45) is 2.75. The van der Waals surface area contributed by atoms with Crippen LogP contribution in [-0.4, -0.2) is 73.4 Å². The fourth-order valence-electron chi connectivity index (χ4n) is 6.37. The van der Waals surface area contributed by atoms with E-state index in [9.17, 15) is 27.6 Å². The van der Waals surface area contributed by atoms with Crippen molar-refractivity contribution >= 4 is 44.9 Å². The highest BCUT2D eigenvalue weighted by Gasteiger charge is 2.61. The van der Waals surface area contributed by atoms with Crippen LogP contribution in [-0.2, 0) is 33.9 Å². The number of rotatable bonds is 14. The largest absolute Gasteiger partial charge is 0.477 e. The number of sulfonamides is 1. The van der Waals surface area contributed by atoms with Gasteiger partial charge in [-0.25, -0.2) is 13.4 Å². The van der Waals surface area contributed by atoms with Crippen molar-refractivity contribution in [3.05, 3.63) is 48.4 Å². The highest BCUT2D eigenvalue weighted by atomic mass is 32.2. The van der Waals surface area contributed by atoms with Gasteiger partial charge >= 0.3 is 5.97 Å². The van der Waals surface area contributed by atoms with Gasteiger partial charge in [0.1, 0.15) is 0 Å². The summed E-state index contributed by atoms with van der Waals surface area (Å²) < 4.78 is 38.4. The van der Waals surface area contributed by atoms with Crippen molar-refractivity contribution in [2.75, 3.05) is 20.3 Å². The first-order valence-electron chi connectivity index (χ1n) is 15.9. The predicted octanol–water partition coefficient (Wildman–Crippen LogP) is 4.39. The fourth-order valence-corrected chi connectivity index (χ4v) is 8.46. The summed E-state index contributed by atoms with van der Waals surface area (Å²) in [5.74, 6) is -2.88. The lowest BCUT2D eigenvalue weighted by molar-refractivity contribution is -0.151. The number of esters is 1. The Hall–Kier alpha value is -3.58. The maximum Gasteiger partial charge on any atom is 0.306 e. The molecule has 0 aromatic carbocycles. The van der Waals surface area contributed by atoms with Gasteiger partial charge in [-0.15, -0.1) is 17.9 Å². The third-order valence-electron chi connectivity index (χ3n) is 9.51.